The first-order chi connectivity index (χ1) is 9.26. The Morgan fingerprint density at radius 1 is 1.35 bits per heavy atom. The SMILES string of the molecule is Cc1cccc(CS(=O)(=O)NC2CCCS(=O)(=O)C2)c1. The van der Waals surface area contributed by atoms with Gasteiger partial charge in [-0.15, -0.1) is 0 Å². The van der Waals surface area contributed by atoms with Crippen LogP contribution in [0.2, 0.25) is 0 Å². The standard InChI is InChI=1S/C13H19NO4S2/c1-11-4-2-5-12(8-11)9-20(17,18)14-13-6-3-7-19(15,16)10-13/h2,4-5,8,13-14H,3,6-7,9-10H2,1H3. The van der Waals surface area contributed by atoms with Crippen LogP contribution >= 0.6 is 0 Å². The molecule has 1 aromatic carbocycles. The number of hydrogen-bond donors (Lipinski definition) is 1. The number of nitrogens with one attached hydrogen (secondary N) is 1. The van der Waals surface area contributed by atoms with Gasteiger partial charge in [-0.3, -0.25) is 0 Å². The van der Waals surface area contributed by atoms with Crippen molar-refractivity contribution in [1.29, 1.82) is 0 Å². The molecule has 0 bridgehead atoms. The monoisotopic (exact) mass is 317 g/mol. The molecule has 0 aliphatic carbocycles. The zero-order valence-electron chi connectivity index (χ0n) is 11.4. The lowest BCUT2D eigenvalue weighted by Gasteiger charge is -2.22. The fourth-order valence-electron chi connectivity index (χ4n) is 2.43. The van der Waals surface area contributed by atoms with E-state index in [2.05, 4.69) is 4.72 Å². The van der Waals surface area contributed by atoms with E-state index in [0.717, 1.165) is 5.56 Å². The van der Waals surface area contributed by atoms with E-state index in [-0.39, 0.29) is 17.3 Å². The molecule has 0 radical (unpaired) electrons. The van der Waals surface area contributed by atoms with Crippen molar-refractivity contribution in [2.45, 2.75) is 31.6 Å². The predicted octanol–water partition coefficient (Wildman–Crippen LogP) is 0.992. The Labute approximate surface area is 120 Å². The van der Waals surface area contributed by atoms with E-state index in [0.29, 0.717) is 18.4 Å². The van der Waals surface area contributed by atoms with Gasteiger partial charge in [-0.2, -0.15) is 0 Å². The normalized spacial score (nSPS) is 22.6. The van der Waals surface area contributed by atoms with Crippen molar-refractivity contribution in [3.05, 3.63) is 35.4 Å². The van der Waals surface area contributed by atoms with Crippen LogP contribution in [0.5, 0.6) is 0 Å². The van der Waals surface area contributed by atoms with Crippen molar-refractivity contribution in [3.8, 4) is 0 Å². The molecule has 1 heterocycles. The van der Waals surface area contributed by atoms with Crippen molar-refractivity contribution < 1.29 is 16.8 Å². The third kappa shape index (κ3) is 4.57. The maximum Gasteiger partial charge on any atom is 0.216 e. The highest BCUT2D eigenvalue weighted by atomic mass is 32.2. The van der Waals surface area contributed by atoms with E-state index in [1.165, 1.54) is 0 Å². The molecule has 1 aliphatic rings. The van der Waals surface area contributed by atoms with Crippen LogP contribution in [-0.2, 0) is 25.6 Å². The Morgan fingerprint density at radius 3 is 2.75 bits per heavy atom. The minimum atomic E-state index is -3.52. The zero-order chi connectivity index (χ0) is 14.8. The molecule has 0 amide bonds. The smallest absolute Gasteiger partial charge is 0.216 e. The Balaban J connectivity index is 2.04. The minimum Gasteiger partial charge on any atom is -0.229 e. The quantitative estimate of drug-likeness (QED) is 0.898. The van der Waals surface area contributed by atoms with Gasteiger partial charge in [0.25, 0.3) is 0 Å². The Kier molecular flexibility index (Phi) is 4.51. The third-order valence-corrected chi connectivity index (χ3v) is 6.48. The van der Waals surface area contributed by atoms with E-state index in [1.807, 2.05) is 25.1 Å². The first kappa shape index (κ1) is 15.5. The summed E-state index contributed by atoms with van der Waals surface area (Å²) in [6.45, 7) is 1.90. The van der Waals surface area contributed by atoms with E-state index in [4.69, 9.17) is 0 Å². The van der Waals surface area contributed by atoms with E-state index >= 15 is 0 Å². The molecule has 0 aromatic heterocycles. The number of rotatable bonds is 4. The summed E-state index contributed by atoms with van der Waals surface area (Å²) < 4.78 is 49.7. The summed E-state index contributed by atoms with van der Waals surface area (Å²) in [6.07, 6.45) is 1.09. The molecule has 20 heavy (non-hydrogen) atoms. The van der Waals surface area contributed by atoms with Crippen LogP contribution in [0.25, 0.3) is 0 Å². The van der Waals surface area contributed by atoms with Gasteiger partial charge in [-0.25, -0.2) is 21.6 Å². The fraction of sp³-hybridized carbons (Fsp3) is 0.538. The molecular weight excluding hydrogens is 298 g/mol. The Bertz CT molecular complexity index is 680. The van der Waals surface area contributed by atoms with Gasteiger partial charge in [0.15, 0.2) is 9.84 Å². The molecule has 1 aromatic rings. The summed E-state index contributed by atoms with van der Waals surface area (Å²) >= 11 is 0. The zero-order valence-corrected chi connectivity index (χ0v) is 13.0. The summed E-state index contributed by atoms with van der Waals surface area (Å²) in [7, 11) is -6.63. The van der Waals surface area contributed by atoms with Gasteiger partial charge < -0.3 is 0 Å². The summed E-state index contributed by atoms with van der Waals surface area (Å²) in [4.78, 5) is 0. The molecule has 1 atom stereocenters. The molecule has 1 unspecified atom stereocenters. The Morgan fingerprint density at radius 2 is 2.10 bits per heavy atom. The molecular formula is C13H19NO4S2. The summed E-state index contributed by atoms with van der Waals surface area (Å²) in [5.41, 5.74) is 1.70. The van der Waals surface area contributed by atoms with Crippen molar-refractivity contribution in [2.24, 2.45) is 0 Å². The van der Waals surface area contributed by atoms with Gasteiger partial charge in [0, 0.05) is 6.04 Å². The maximum absolute atomic E-state index is 12.1. The molecule has 1 saturated heterocycles. The first-order valence-electron chi connectivity index (χ1n) is 6.52. The van der Waals surface area contributed by atoms with Crippen LogP contribution in [0.1, 0.15) is 24.0 Å². The van der Waals surface area contributed by atoms with Gasteiger partial charge in [0.2, 0.25) is 10.0 Å². The first-order valence-corrected chi connectivity index (χ1v) is 9.99. The molecule has 1 N–H and O–H groups in total. The molecule has 112 valence electrons. The van der Waals surface area contributed by atoms with Gasteiger partial charge in [-0.05, 0) is 25.3 Å². The lowest BCUT2D eigenvalue weighted by Crippen LogP contribution is -2.43. The average molecular weight is 317 g/mol. The molecule has 2 rings (SSSR count). The third-order valence-electron chi connectivity index (χ3n) is 3.25. The molecule has 1 fully saturated rings. The predicted molar refractivity (Wildman–Crippen MR) is 78.6 cm³/mol. The highest BCUT2D eigenvalue weighted by Gasteiger charge is 2.28. The number of sulfone groups is 1. The van der Waals surface area contributed by atoms with Crippen LogP contribution < -0.4 is 4.72 Å². The summed E-state index contributed by atoms with van der Waals surface area (Å²) in [5, 5.41) is 0. The van der Waals surface area contributed by atoms with Crippen molar-refractivity contribution in [1.82, 2.24) is 4.72 Å². The molecule has 0 saturated carbocycles. The van der Waals surface area contributed by atoms with Crippen LogP contribution in [0, 0.1) is 6.92 Å². The van der Waals surface area contributed by atoms with E-state index < -0.39 is 25.9 Å². The summed E-state index contributed by atoms with van der Waals surface area (Å²) in [5.74, 6) is -0.0611. The number of hydrogen-bond acceptors (Lipinski definition) is 4. The minimum absolute atomic E-state index is 0.0972. The second-order valence-corrected chi connectivity index (χ2v) is 9.30. The van der Waals surface area contributed by atoms with Gasteiger partial charge in [0.05, 0.1) is 17.3 Å². The molecule has 1 aliphatic heterocycles. The molecule has 5 nitrogen and oxygen atoms in total. The lowest BCUT2D eigenvalue weighted by molar-refractivity contribution is 0.517. The number of benzene rings is 1. The largest absolute Gasteiger partial charge is 0.229 e. The maximum atomic E-state index is 12.1. The van der Waals surface area contributed by atoms with Crippen LogP contribution in [-0.4, -0.2) is 34.4 Å². The van der Waals surface area contributed by atoms with Gasteiger partial charge in [0.1, 0.15) is 0 Å². The Hall–Kier alpha value is -0.920. The van der Waals surface area contributed by atoms with Gasteiger partial charge >= 0.3 is 0 Å². The highest BCUT2D eigenvalue weighted by molar-refractivity contribution is 7.91. The number of sulfonamides is 1. The topological polar surface area (TPSA) is 80.3 Å². The van der Waals surface area contributed by atoms with E-state index in [9.17, 15) is 16.8 Å². The lowest BCUT2D eigenvalue weighted by atomic mass is 10.2. The van der Waals surface area contributed by atoms with Crippen molar-refractivity contribution in [3.63, 3.8) is 0 Å². The van der Waals surface area contributed by atoms with E-state index in [1.54, 1.807) is 6.07 Å². The second kappa shape index (κ2) is 5.83. The average Bonchev–Trinajstić information content (AvgIpc) is 2.25. The van der Waals surface area contributed by atoms with Crippen LogP contribution in [0.3, 0.4) is 0 Å². The summed E-state index contributed by atoms with van der Waals surface area (Å²) in [6, 6.07) is 6.78. The van der Waals surface area contributed by atoms with Crippen molar-refractivity contribution >= 4 is 19.9 Å². The molecule has 0 spiro atoms. The van der Waals surface area contributed by atoms with Crippen molar-refractivity contribution in [2.75, 3.05) is 11.5 Å². The fourth-order valence-corrected chi connectivity index (χ4v) is 5.59. The number of aryl methyl sites for hydroxylation is 1. The second-order valence-electron chi connectivity index (χ2n) is 5.32. The molecule has 7 heteroatoms. The van der Waals surface area contributed by atoms with Crippen LogP contribution in [0.4, 0.5) is 0 Å². The highest BCUT2D eigenvalue weighted by Crippen LogP contribution is 2.14. The van der Waals surface area contributed by atoms with Gasteiger partial charge in [-0.1, -0.05) is 29.8 Å². The van der Waals surface area contributed by atoms with Crippen LogP contribution in [0.15, 0.2) is 24.3 Å².